The number of nitrogens with zero attached hydrogens (tertiary/aromatic N) is 1. The molecular weight excluding hydrogens is 356 g/mol. The lowest BCUT2D eigenvalue weighted by molar-refractivity contribution is 0.0235. The van der Waals surface area contributed by atoms with Gasteiger partial charge in [0.1, 0.15) is 5.60 Å². The third-order valence-corrected chi connectivity index (χ3v) is 4.51. The quantitative estimate of drug-likeness (QED) is 0.787. The smallest absolute Gasteiger partial charge is 0.410 e. The fourth-order valence-electron chi connectivity index (χ4n) is 2.47. The molecule has 0 heterocycles. The number of carbonyl (C=O) groups excluding carboxylic acids is 1. The second-order valence-electron chi connectivity index (χ2n) is 7.10. The number of hydrogen-bond acceptors (Lipinski definition) is 3. The molecule has 1 saturated carbocycles. The molecule has 0 radical (unpaired) electrons. The lowest BCUT2D eigenvalue weighted by atomic mass is 10.1. The topological polar surface area (TPSA) is 41.6 Å². The lowest BCUT2D eigenvalue weighted by Crippen LogP contribution is -2.42. The van der Waals surface area contributed by atoms with E-state index in [2.05, 4.69) is 34.2 Å². The van der Waals surface area contributed by atoms with Crippen molar-refractivity contribution in [1.82, 2.24) is 10.2 Å². The number of rotatable bonds is 6. The maximum atomic E-state index is 12.3. The van der Waals surface area contributed by atoms with Crippen LogP contribution in [0.15, 0.2) is 28.7 Å². The van der Waals surface area contributed by atoms with E-state index in [0.29, 0.717) is 12.6 Å². The molecule has 4 nitrogen and oxygen atoms in total. The number of halogens is 1. The number of carbonyl (C=O) groups is 1. The largest absolute Gasteiger partial charge is 0.444 e. The van der Waals surface area contributed by atoms with E-state index in [1.807, 2.05) is 43.9 Å². The normalized spacial score (nSPS) is 16.0. The highest BCUT2D eigenvalue weighted by atomic mass is 79.9. The molecule has 1 aromatic carbocycles. The first-order valence-electron chi connectivity index (χ1n) is 8.25. The van der Waals surface area contributed by atoms with E-state index < -0.39 is 5.60 Å². The molecule has 0 saturated heterocycles. The van der Waals surface area contributed by atoms with Gasteiger partial charge in [-0.2, -0.15) is 0 Å². The zero-order valence-electron chi connectivity index (χ0n) is 14.4. The van der Waals surface area contributed by atoms with E-state index in [4.69, 9.17) is 4.74 Å². The first-order valence-corrected chi connectivity index (χ1v) is 9.04. The van der Waals surface area contributed by atoms with Crippen molar-refractivity contribution in [1.29, 1.82) is 0 Å². The van der Waals surface area contributed by atoms with Crippen LogP contribution in [0, 0.1) is 0 Å². The van der Waals surface area contributed by atoms with E-state index in [-0.39, 0.29) is 12.1 Å². The molecule has 128 valence electrons. The molecule has 1 aromatic rings. The van der Waals surface area contributed by atoms with E-state index in [9.17, 15) is 4.79 Å². The van der Waals surface area contributed by atoms with Gasteiger partial charge in [0.05, 0.1) is 0 Å². The van der Waals surface area contributed by atoms with Crippen molar-refractivity contribution in [3.8, 4) is 0 Å². The molecule has 1 N–H and O–H groups in total. The van der Waals surface area contributed by atoms with Crippen molar-refractivity contribution < 1.29 is 9.53 Å². The van der Waals surface area contributed by atoms with E-state index in [0.717, 1.165) is 23.9 Å². The Kier molecular flexibility index (Phi) is 6.09. The third kappa shape index (κ3) is 5.81. The van der Waals surface area contributed by atoms with Gasteiger partial charge < -0.3 is 15.0 Å². The molecule has 1 fully saturated rings. The Bertz CT molecular complexity index is 538. The predicted molar refractivity (Wildman–Crippen MR) is 96.5 cm³/mol. The Morgan fingerprint density at radius 1 is 1.39 bits per heavy atom. The number of amides is 1. The van der Waals surface area contributed by atoms with Crippen molar-refractivity contribution in [2.45, 2.75) is 58.2 Å². The van der Waals surface area contributed by atoms with Crippen molar-refractivity contribution >= 4 is 22.0 Å². The van der Waals surface area contributed by atoms with Crippen LogP contribution in [0.3, 0.4) is 0 Å². The average molecular weight is 383 g/mol. The molecule has 1 aliphatic carbocycles. The summed E-state index contributed by atoms with van der Waals surface area (Å²) in [5.41, 5.74) is 0.780. The van der Waals surface area contributed by atoms with Gasteiger partial charge in [0.15, 0.2) is 0 Å². The van der Waals surface area contributed by atoms with Crippen molar-refractivity contribution in [2.75, 3.05) is 13.1 Å². The van der Waals surface area contributed by atoms with Gasteiger partial charge in [0.2, 0.25) is 0 Å². The summed E-state index contributed by atoms with van der Waals surface area (Å²) in [5.74, 6) is 0. The summed E-state index contributed by atoms with van der Waals surface area (Å²) in [4.78, 5) is 14.2. The second kappa shape index (κ2) is 7.67. The highest BCUT2D eigenvalue weighted by Crippen LogP contribution is 2.28. The van der Waals surface area contributed by atoms with E-state index in [1.165, 1.54) is 5.56 Å². The summed E-state index contributed by atoms with van der Waals surface area (Å²) >= 11 is 3.58. The lowest BCUT2D eigenvalue weighted by Gasteiger charge is -2.28. The Morgan fingerprint density at radius 3 is 2.61 bits per heavy atom. The number of ether oxygens (including phenoxy) is 1. The van der Waals surface area contributed by atoms with Crippen molar-refractivity contribution in [3.63, 3.8) is 0 Å². The molecule has 1 unspecified atom stereocenters. The minimum atomic E-state index is -0.445. The molecule has 23 heavy (non-hydrogen) atoms. The van der Waals surface area contributed by atoms with Crippen molar-refractivity contribution in [3.05, 3.63) is 34.3 Å². The predicted octanol–water partition coefficient (Wildman–Crippen LogP) is 4.50. The molecule has 1 atom stereocenters. The molecule has 0 spiro atoms. The maximum absolute atomic E-state index is 12.3. The van der Waals surface area contributed by atoms with E-state index in [1.54, 1.807) is 0 Å². The van der Waals surface area contributed by atoms with Gasteiger partial charge in [-0.25, -0.2) is 4.79 Å². The summed E-state index contributed by atoms with van der Waals surface area (Å²) in [5, 5.41) is 3.49. The Morgan fingerprint density at radius 2 is 2.04 bits per heavy atom. The van der Waals surface area contributed by atoms with Crippen LogP contribution in [0.4, 0.5) is 4.79 Å². The highest BCUT2D eigenvalue weighted by molar-refractivity contribution is 9.10. The van der Waals surface area contributed by atoms with Crippen molar-refractivity contribution in [2.24, 2.45) is 0 Å². The molecule has 0 bridgehead atoms. The zero-order valence-corrected chi connectivity index (χ0v) is 16.0. The van der Waals surface area contributed by atoms with Crippen LogP contribution in [-0.4, -0.2) is 35.7 Å². The Labute approximate surface area is 147 Å². The van der Waals surface area contributed by atoms with Crippen LogP contribution in [0.25, 0.3) is 0 Å². The van der Waals surface area contributed by atoms with Crippen LogP contribution in [0.5, 0.6) is 0 Å². The average Bonchev–Trinajstić information content (AvgIpc) is 3.26. The first kappa shape index (κ1) is 18.3. The Hall–Kier alpha value is -1.07. The maximum Gasteiger partial charge on any atom is 0.410 e. The second-order valence-corrected chi connectivity index (χ2v) is 7.96. The van der Waals surface area contributed by atoms with Gasteiger partial charge in [-0.1, -0.05) is 34.1 Å². The summed E-state index contributed by atoms with van der Waals surface area (Å²) in [6, 6.07) is 8.78. The van der Waals surface area contributed by atoms with Gasteiger partial charge in [-0.15, -0.1) is 0 Å². The van der Waals surface area contributed by atoms with Crippen LogP contribution in [0.1, 0.15) is 52.1 Å². The third-order valence-electron chi connectivity index (χ3n) is 3.79. The minimum absolute atomic E-state index is 0.199. The number of hydrogen-bond donors (Lipinski definition) is 1. The monoisotopic (exact) mass is 382 g/mol. The van der Waals surface area contributed by atoms with Gasteiger partial charge in [0, 0.05) is 29.6 Å². The van der Waals surface area contributed by atoms with E-state index >= 15 is 0 Å². The van der Waals surface area contributed by atoms with Crippen LogP contribution in [0.2, 0.25) is 0 Å². The summed E-state index contributed by atoms with van der Waals surface area (Å²) in [7, 11) is 0. The van der Waals surface area contributed by atoms with Gasteiger partial charge >= 0.3 is 6.09 Å². The molecular formula is C18H27BrN2O2. The summed E-state index contributed by atoms with van der Waals surface area (Å²) < 4.78 is 6.62. The number of nitrogens with one attached hydrogen (secondary N) is 1. The SMILES string of the molecule is CC(NCCN(C(=O)OC(C)(C)C)C1CC1)c1ccccc1Br. The fraction of sp³-hybridized carbons (Fsp3) is 0.611. The first-order chi connectivity index (χ1) is 10.8. The molecule has 5 heteroatoms. The van der Waals surface area contributed by atoms with Crippen LogP contribution < -0.4 is 5.32 Å². The summed E-state index contributed by atoms with van der Waals surface area (Å²) in [6.45, 7) is 9.28. The molecule has 0 aromatic heterocycles. The summed E-state index contributed by atoms with van der Waals surface area (Å²) in [6.07, 6.45) is 1.97. The minimum Gasteiger partial charge on any atom is -0.444 e. The molecule has 0 aliphatic heterocycles. The molecule has 1 amide bonds. The van der Waals surface area contributed by atoms with Crippen LogP contribution >= 0.6 is 15.9 Å². The van der Waals surface area contributed by atoms with Gasteiger partial charge in [-0.05, 0) is 52.2 Å². The van der Waals surface area contributed by atoms with Gasteiger partial charge in [0.25, 0.3) is 0 Å². The zero-order chi connectivity index (χ0) is 17.0. The highest BCUT2D eigenvalue weighted by Gasteiger charge is 2.34. The fourth-order valence-corrected chi connectivity index (χ4v) is 3.10. The molecule has 2 rings (SSSR count). The molecule has 1 aliphatic rings. The van der Waals surface area contributed by atoms with Crippen LogP contribution in [-0.2, 0) is 4.74 Å². The number of benzene rings is 1. The van der Waals surface area contributed by atoms with Gasteiger partial charge in [-0.3, -0.25) is 0 Å². The Balaban J connectivity index is 1.85. The standard InChI is InChI=1S/C18H27BrN2O2/c1-13(15-7-5-6-8-16(15)19)20-11-12-21(14-9-10-14)17(22)23-18(2,3)4/h5-8,13-14,20H,9-12H2,1-4H3.